The Morgan fingerprint density at radius 1 is 0.545 bits per heavy atom. The maximum atomic E-state index is 12.4. The molecule has 5 aromatic rings. The normalized spacial score (nSPS) is 11.5. The number of benzene rings is 5. The Bertz CT molecular complexity index is 1730. The summed E-state index contributed by atoms with van der Waals surface area (Å²) in [5.74, 6) is -6.65. The van der Waals surface area contributed by atoms with Crippen molar-refractivity contribution in [3.8, 4) is 0 Å². The van der Waals surface area contributed by atoms with Gasteiger partial charge < -0.3 is 20.4 Å². The van der Waals surface area contributed by atoms with Gasteiger partial charge in [-0.2, -0.15) is 0 Å². The largest absolute Gasteiger partial charge is 0.478 e. The van der Waals surface area contributed by atoms with Gasteiger partial charge in [0.2, 0.25) is 0 Å². The lowest BCUT2D eigenvalue weighted by Gasteiger charge is -2.21. The van der Waals surface area contributed by atoms with Crippen LogP contribution in [0.3, 0.4) is 0 Å². The Balaban J connectivity index is 2.36. The van der Waals surface area contributed by atoms with Crippen LogP contribution in [0.15, 0.2) is 46.9 Å². The zero-order chi connectivity index (χ0) is 23.8. The highest BCUT2D eigenvalue weighted by Crippen LogP contribution is 2.47. The van der Waals surface area contributed by atoms with Crippen LogP contribution >= 0.6 is 15.9 Å². The first-order valence-electron chi connectivity index (χ1n) is 9.47. The quantitative estimate of drug-likeness (QED) is 0.189. The third-order valence-corrected chi connectivity index (χ3v) is 6.47. The van der Waals surface area contributed by atoms with Crippen LogP contribution in [0, 0.1) is 0 Å². The zero-order valence-corrected chi connectivity index (χ0v) is 17.9. The van der Waals surface area contributed by atoms with Gasteiger partial charge in [-0.1, -0.05) is 36.4 Å². The van der Waals surface area contributed by atoms with Gasteiger partial charge in [-0.05, 0) is 48.9 Å². The standard InChI is InChI=1S/C24H11BrO8/c25-12-7-11-9-5-1-3-8-4-2-6-10(13(8)9)14-15(11)17(16(12)21(26)27)19(23(30)31)20(24(32)33)18(14)22(28)29/h1-7H,(H,26,27)(H,28,29)(H,30,31)(H,32,33). The average molecular weight is 507 g/mol. The lowest BCUT2D eigenvalue weighted by molar-refractivity contribution is 0.0635. The molecular weight excluding hydrogens is 496 g/mol. The molecular formula is C24H11BrO8. The van der Waals surface area contributed by atoms with Crippen molar-refractivity contribution in [3.05, 3.63) is 69.2 Å². The van der Waals surface area contributed by atoms with Gasteiger partial charge >= 0.3 is 23.9 Å². The maximum absolute atomic E-state index is 12.4. The topological polar surface area (TPSA) is 149 Å². The molecule has 0 aliphatic rings. The second kappa shape index (κ2) is 6.88. The number of carbonyl (C=O) groups is 4. The fourth-order valence-electron chi connectivity index (χ4n) is 4.77. The Kier molecular flexibility index (Phi) is 4.30. The number of rotatable bonds is 4. The molecule has 0 heterocycles. The van der Waals surface area contributed by atoms with E-state index < -0.39 is 46.1 Å². The predicted molar refractivity (Wildman–Crippen MR) is 123 cm³/mol. The zero-order valence-electron chi connectivity index (χ0n) is 16.3. The first-order chi connectivity index (χ1) is 15.6. The first kappa shape index (κ1) is 20.7. The van der Waals surface area contributed by atoms with E-state index >= 15 is 0 Å². The monoisotopic (exact) mass is 506 g/mol. The second-order valence-electron chi connectivity index (χ2n) is 7.46. The third-order valence-electron chi connectivity index (χ3n) is 5.85. The van der Waals surface area contributed by atoms with E-state index in [1.165, 1.54) is 6.07 Å². The summed E-state index contributed by atoms with van der Waals surface area (Å²) in [6, 6.07) is 12.0. The van der Waals surface area contributed by atoms with Gasteiger partial charge in [-0.3, -0.25) is 0 Å². The van der Waals surface area contributed by atoms with E-state index in [1.54, 1.807) is 24.3 Å². The van der Waals surface area contributed by atoms with E-state index in [2.05, 4.69) is 15.9 Å². The summed E-state index contributed by atoms with van der Waals surface area (Å²) in [5.41, 5.74) is -3.02. The molecule has 0 fully saturated rings. The van der Waals surface area contributed by atoms with Crippen molar-refractivity contribution in [1.29, 1.82) is 0 Å². The van der Waals surface area contributed by atoms with Gasteiger partial charge in [0.15, 0.2) is 0 Å². The molecule has 9 heteroatoms. The van der Waals surface area contributed by atoms with Crippen molar-refractivity contribution >= 4 is 82.9 Å². The molecule has 0 unspecified atom stereocenters. The summed E-state index contributed by atoms with van der Waals surface area (Å²) < 4.78 is 0.0433. The SMILES string of the molecule is O=C(O)c1c(C(=O)O)c2c(C(=O)O)c(Br)cc3c4cccc5cccc(c(c1C(=O)O)c23)c54. The molecule has 0 saturated carbocycles. The molecule has 0 saturated heterocycles. The summed E-state index contributed by atoms with van der Waals surface area (Å²) in [4.78, 5) is 49.1. The van der Waals surface area contributed by atoms with E-state index in [0.717, 1.165) is 5.39 Å². The van der Waals surface area contributed by atoms with Crippen LogP contribution in [0.5, 0.6) is 0 Å². The van der Waals surface area contributed by atoms with Crippen LogP contribution in [0.1, 0.15) is 41.4 Å². The van der Waals surface area contributed by atoms with E-state index in [1.807, 2.05) is 12.1 Å². The van der Waals surface area contributed by atoms with Crippen molar-refractivity contribution in [3.63, 3.8) is 0 Å². The van der Waals surface area contributed by atoms with E-state index in [0.29, 0.717) is 21.5 Å². The van der Waals surface area contributed by atoms with Crippen LogP contribution in [-0.4, -0.2) is 44.3 Å². The molecule has 33 heavy (non-hydrogen) atoms. The minimum absolute atomic E-state index is 0.0193. The molecule has 0 atom stereocenters. The number of halogens is 1. The van der Waals surface area contributed by atoms with Crippen LogP contribution in [0.25, 0.3) is 43.1 Å². The van der Waals surface area contributed by atoms with Crippen molar-refractivity contribution < 1.29 is 39.6 Å². The van der Waals surface area contributed by atoms with E-state index in [-0.39, 0.29) is 20.6 Å². The summed E-state index contributed by atoms with van der Waals surface area (Å²) >= 11 is 3.20. The highest BCUT2D eigenvalue weighted by molar-refractivity contribution is 9.10. The molecule has 0 aromatic heterocycles. The van der Waals surface area contributed by atoms with E-state index in [9.17, 15) is 39.6 Å². The fourth-order valence-corrected chi connectivity index (χ4v) is 5.36. The first-order valence-corrected chi connectivity index (χ1v) is 10.3. The molecule has 0 amide bonds. The number of hydrogen-bond acceptors (Lipinski definition) is 4. The molecule has 0 bridgehead atoms. The van der Waals surface area contributed by atoms with Crippen molar-refractivity contribution in [2.75, 3.05) is 0 Å². The number of aromatic carboxylic acids is 4. The minimum Gasteiger partial charge on any atom is -0.478 e. The molecule has 8 nitrogen and oxygen atoms in total. The Labute approximate surface area is 191 Å². The van der Waals surface area contributed by atoms with Gasteiger partial charge in [-0.15, -0.1) is 0 Å². The molecule has 0 aliphatic heterocycles. The number of carboxylic acid groups (broad SMARTS) is 4. The highest BCUT2D eigenvalue weighted by Gasteiger charge is 2.34. The highest BCUT2D eigenvalue weighted by atomic mass is 79.9. The van der Waals surface area contributed by atoms with Crippen LogP contribution in [0.2, 0.25) is 0 Å². The summed E-state index contributed by atoms with van der Waals surface area (Å²) in [5, 5.41) is 42.4. The molecule has 4 N–H and O–H groups in total. The summed E-state index contributed by atoms with van der Waals surface area (Å²) in [7, 11) is 0. The Morgan fingerprint density at radius 3 is 1.61 bits per heavy atom. The lowest BCUT2D eigenvalue weighted by atomic mass is 9.81. The molecule has 0 spiro atoms. The second-order valence-corrected chi connectivity index (χ2v) is 8.32. The number of fused-ring (bicyclic) bond motifs is 2. The molecule has 5 aromatic carbocycles. The molecule has 162 valence electrons. The summed E-state index contributed by atoms with van der Waals surface area (Å²) in [6.45, 7) is 0. The predicted octanol–water partition coefficient (Wildman–Crippen LogP) is 5.29. The number of carboxylic acids is 4. The molecule has 0 aliphatic carbocycles. The Hall–Kier alpha value is -4.24. The van der Waals surface area contributed by atoms with Gasteiger partial charge in [0.05, 0.1) is 22.3 Å². The smallest absolute Gasteiger partial charge is 0.337 e. The van der Waals surface area contributed by atoms with Gasteiger partial charge in [-0.25, -0.2) is 19.2 Å². The lowest BCUT2D eigenvalue weighted by Crippen LogP contribution is -2.18. The van der Waals surface area contributed by atoms with Crippen molar-refractivity contribution in [2.45, 2.75) is 0 Å². The third kappa shape index (κ3) is 2.63. The minimum atomic E-state index is -1.79. The molecule has 5 rings (SSSR count). The van der Waals surface area contributed by atoms with Crippen molar-refractivity contribution in [1.82, 2.24) is 0 Å². The summed E-state index contributed by atoms with van der Waals surface area (Å²) in [6.07, 6.45) is 0. The number of hydrogen-bond donors (Lipinski definition) is 4. The average Bonchev–Trinajstić information content (AvgIpc) is 2.74. The van der Waals surface area contributed by atoms with E-state index in [4.69, 9.17) is 0 Å². The van der Waals surface area contributed by atoms with Gasteiger partial charge in [0, 0.05) is 20.6 Å². The Morgan fingerprint density at radius 2 is 1.06 bits per heavy atom. The van der Waals surface area contributed by atoms with Crippen LogP contribution in [0.4, 0.5) is 0 Å². The van der Waals surface area contributed by atoms with Crippen LogP contribution in [-0.2, 0) is 0 Å². The maximum Gasteiger partial charge on any atom is 0.337 e. The molecule has 0 radical (unpaired) electrons. The van der Waals surface area contributed by atoms with Gasteiger partial charge in [0.25, 0.3) is 0 Å². The fraction of sp³-hybridized carbons (Fsp3) is 0. The van der Waals surface area contributed by atoms with Gasteiger partial charge in [0.1, 0.15) is 0 Å². The van der Waals surface area contributed by atoms with Crippen LogP contribution < -0.4 is 0 Å². The van der Waals surface area contributed by atoms with Crippen molar-refractivity contribution in [2.24, 2.45) is 0 Å².